The Kier molecular flexibility index (Phi) is 5.20. The number of hydrogen-bond donors (Lipinski definition) is 1. The van der Waals surface area contributed by atoms with Crippen molar-refractivity contribution in [3.05, 3.63) is 57.3 Å². The van der Waals surface area contributed by atoms with Crippen molar-refractivity contribution in [2.75, 3.05) is 6.54 Å². The molecule has 1 N–H and O–H groups in total. The van der Waals surface area contributed by atoms with Gasteiger partial charge in [0.2, 0.25) is 11.5 Å². The van der Waals surface area contributed by atoms with Gasteiger partial charge in [-0.1, -0.05) is 25.0 Å². The highest BCUT2D eigenvalue weighted by atomic mass is 16.3. The zero-order chi connectivity index (χ0) is 21.5. The molecule has 1 saturated carbocycles. The Morgan fingerprint density at radius 2 is 1.87 bits per heavy atom. The molecule has 156 valence electrons. The lowest BCUT2D eigenvalue weighted by atomic mass is 9.74. The molecule has 0 bridgehead atoms. The van der Waals surface area contributed by atoms with Crippen LogP contribution in [0.4, 0.5) is 0 Å². The Balaban J connectivity index is 1.82. The van der Waals surface area contributed by atoms with Crippen LogP contribution in [0.5, 0.6) is 5.75 Å². The number of rotatable bonds is 4. The lowest BCUT2D eigenvalue weighted by Gasteiger charge is -2.35. The second-order valence-corrected chi connectivity index (χ2v) is 8.56. The summed E-state index contributed by atoms with van der Waals surface area (Å²) in [5, 5.41) is 19.5. The molecule has 0 spiro atoms. The molecule has 0 amide bonds. The van der Waals surface area contributed by atoms with Crippen LogP contribution in [0.15, 0.2) is 29.1 Å². The van der Waals surface area contributed by atoms with Gasteiger partial charge in [-0.3, -0.25) is 14.5 Å². The Hall–Kier alpha value is -2.98. The van der Waals surface area contributed by atoms with Crippen LogP contribution in [0.2, 0.25) is 0 Å². The molecule has 2 heterocycles. The number of nitrogens with zero attached hydrogens (tertiary/aromatic N) is 4. The summed E-state index contributed by atoms with van der Waals surface area (Å²) in [4.78, 5) is 32.5. The first kappa shape index (κ1) is 20.3. The van der Waals surface area contributed by atoms with Crippen molar-refractivity contribution in [1.29, 1.82) is 5.26 Å². The first-order valence-corrected chi connectivity index (χ1v) is 10.5. The average Bonchev–Trinajstić information content (AvgIpc) is 3.26. The molecule has 1 aliphatic carbocycles. The van der Waals surface area contributed by atoms with Crippen molar-refractivity contribution in [2.45, 2.75) is 64.1 Å². The van der Waals surface area contributed by atoms with E-state index in [4.69, 9.17) is 5.26 Å². The topological polar surface area (TPSA) is 99.2 Å². The SMILES string of the molecule is CC(C)N1CCn2c(C(=O)C3(c4ccc(C#N)cc4)CCCC3)nc(=O)c(O)c2C1. The number of Topliss-reactive ketones (excluding diaryl/α,β-unsaturated/α-hetero) is 1. The fourth-order valence-electron chi connectivity index (χ4n) is 4.81. The summed E-state index contributed by atoms with van der Waals surface area (Å²) in [6.45, 7) is 5.76. The Morgan fingerprint density at radius 1 is 1.20 bits per heavy atom. The van der Waals surface area contributed by atoms with Crippen LogP contribution in [-0.4, -0.2) is 37.9 Å². The second-order valence-electron chi connectivity index (χ2n) is 8.56. The maximum absolute atomic E-state index is 13.9. The number of benzene rings is 1. The lowest BCUT2D eigenvalue weighted by molar-refractivity contribution is 0.0858. The van der Waals surface area contributed by atoms with Crippen LogP contribution in [-0.2, 0) is 18.5 Å². The molecule has 0 atom stereocenters. The van der Waals surface area contributed by atoms with Crippen molar-refractivity contribution in [3.63, 3.8) is 0 Å². The van der Waals surface area contributed by atoms with Crippen molar-refractivity contribution < 1.29 is 9.90 Å². The Labute approximate surface area is 175 Å². The minimum absolute atomic E-state index is 0.141. The molecule has 1 aromatic carbocycles. The molecule has 30 heavy (non-hydrogen) atoms. The predicted octanol–water partition coefficient (Wildman–Crippen LogP) is 2.74. The molecular weight excluding hydrogens is 380 g/mol. The molecule has 0 radical (unpaired) electrons. The Bertz CT molecular complexity index is 1070. The van der Waals surface area contributed by atoms with Gasteiger partial charge in [-0.05, 0) is 44.4 Å². The summed E-state index contributed by atoms with van der Waals surface area (Å²) < 4.78 is 1.74. The molecule has 4 rings (SSSR count). The van der Waals surface area contributed by atoms with E-state index in [2.05, 4.69) is 29.8 Å². The molecule has 0 unspecified atom stereocenters. The minimum atomic E-state index is -0.750. The minimum Gasteiger partial charge on any atom is -0.502 e. The number of carbonyl (C=O) groups is 1. The third-order valence-electron chi connectivity index (χ3n) is 6.62. The van der Waals surface area contributed by atoms with Gasteiger partial charge in [-0.2, -0.15) is 10.2 Å². The first-order valence-electron chi connectivity index (χ1n) is 10.5. The highest BCUT2D eigenvalue weighted by Crippen LogP contribution is 2.43. The van der Waals surface area contributed by atoms with E-state index in [9.17, 15) is 14.7 Å². The second kappa shape index (κ2) is 7.69. The molecule has 1 aromatic heterocycles. The number of aromatic hydroxyl groups is 1. The zero-order valence-electron chi connectivity index (χ0n) is 17.4. The summed E-state index contributed by atoms with van der Waals surface area (Å²) in [6.07, 6.45) is 3.20. The van der Waals surface area contributed by atoms with E-state index in [1.165, 1.54) is 0 Å². The van der Waals surface area contributed by atoms with Crippen LogP contribution >= 0.6 is 0 Å². The highest BCUT2D eigenvalue weighted by molar-refractivity contribution is 6.02. The molecule has 1 fully saturated rings. The summed E-state index contributed by atoms with van der Waals surface area (Å²) in [7, 11) is 0. The number of ketones is 1. The number of nitriles is 1. The van der Waals surface area contributed by atoms with Gasteiger partial charge in [0.05, 0.1) is 22.7 Å². The summed E-state index contributed by atoms with van der Waals surface area (Å²) in [5.41, 5.74) is 0.375. The summed E-state index contributed by atoms with van der Waals surface area (Å²) in [6, 6.07) is 9.53. The van der Waals surface area contributed by atoms with Gasteiger partial charge >= 0.3 is 5.56 Å². The van der Waals surface area contributed by atoms with Gasteiger partial charge in [-0.15, -0.1) is 0 Å². The number of fused-ring (bicyclic) bond motifs is 1. The number of carbonyl (C=O) groups excluding carboxylic acids is 1. The van der Waals surface area contributed by atoms with Crippen LogP contribution < -0.4 is 5.56 Å². The van der Waals surface area contributed by atoms with Gasteiger partial charge in [0, 0.05) is 25.7 Å². The smallest absolute Gasteiger partial charge is 0.315 e. The Morgan fingerprint density at radius 3 is 2.47 bits per heavy atom. The first-order chi connectivity index (χ1) is 14.4. The number of aromatic nitrogens is 2. The maximum Gasteiger partial charge on any atom is 0.315 e. The van der Waals surface area contributed by atoms with Crippen LogP contribution in [0.3, 0.4) is 0 Å². The van der Waals surface area contributed by atoms with E-state index in [1.807, 2.05) is 12.1 Å². The third kappa shape index (κ3) is 3.21. The average molecular weight is 406 g/mol. The quantitative estimate of drug-likeness (QED) is 0.784. The highest BCUT2D eigenvalue weighted by Gasteiger charge is 2.45. The zero-order valence-corrected chi connectivity index (χ0v) is 17.4. The monoisotopic (exact) mass is 406 g/mol. The molecule has 7 nitrogen and oxygen atoms in total. The molecular formula is C23H26N4O3. The van der Waals surface area contributed by atoms with Crippen molar-refractivity contribution in [1.82, 2.24) is 14.5 Å². The fourth-order valence-corrected chi connectivity index (χ4v) is 4.81. The standard InChI is InChI=1S/C23H26N4O3/c1-15(2)26-11-12-27-18(14-26)19(28)22(30)25-21(27)20(29)23(9-3-4-10-23)17-7-5-16(13-24)6-8-17/h5-8,15,28H,3-4,9-12,14H2,1-2H3. The van der Waals surface area contributed by atoms with Gasteiger partial charge in [0.15, 0.2) is 5.82 Å². The van der Waals surface area contributed by atoms with Crippen molar-refractivity contribution in [2.24, 2.45) is 0 Å². The van der Waals surface area contributed by atoms with E-state index in [0.717, 1.165) is 24.9 Å². The summed E-state index contributed by atoms with van der Waals surface area (Å²) in [5.74, 6) is -0.390. The van der Waals surface area contributed by atoms with Gasteiger partial charge in [-0.25, -0.2) is 0 Å². The van der Waals surface area contributed by atoms with Gasteiger partial charge < -0.3 is 9.67 Å². The lowest BCUT2D eigenvalue weighted by Crippen LogP contribution is -2.44. The van der Waals surface area contributed by atoms with Crippen LogP contribution in [0.1, 0.15) is 67.0 Å². The van der Waals surface area contributed by atoms with E-state index in [-0.39, 0.29) is 23.4 Å². The molecule has 2 aliphatic rings. The fraction of sp³-hybridized carbons (Fsp3) is 0.478. The molecule has 0 saturated heterocycles. The molecule has 2 aromatic rings. The maximum atomic E-state index is 13.9. The summed E-state index contributed by atoms with van der Waals surface area (Å²) >= 11 is 0. The van der Waals surface area contributed by atoms with E-state index >= 15 is 0 Å². The van der Waals surface area contributed by atoms with Crippen LogP contribution in [0, 0.1) is 11.3 Å². The molecule has 7 heteroatoms. The molecule has 1 aliphatic heterocycles. The van der Waals surface area contributed by atoms with Crippen molar-refractivity contribution >= 4 is 5.78 Å². The van der Waals surface area contributed by atoms with Gasteiger partial charge in [0.25, 0.3) is 0 Å². The van der Waals surface area contributed by atoms with E-state index < -0.39 is 11.0 Å². The van der Waals surface area contributed by atoms with E-state index in [0.29, 0.717) is 37.2 Å². The largest absolute Gasteiger partial charge is 0.502 e. The van der Waals surface area contributed by atoms with E-state index in [1.54, 1.807) is 16.7 Å². The van der Waals surface area contributed by atoms with Gasteiger partial charge in [0.1, 0.15) is 0 Å². The predicted molar refractivity (Wildman–Crippen MR) is 111 cm³/mol. The number of hydrogen-bond acceptors (Lipinski definition) is 6. The third-order valence-corrected chi connectivity index (χ3v) is 6.62. The van der Waals surface area contributed by atoms with Crippen molar-refractivity contribution in [3.8, 4) is 11.8 Å². The normalized spacial score (nSPS) is 18.2. The van der Waals surface area contributed by atoms with Crippen LogP contribution in [0.25, 0.3) is 0 Å².